The third-order valence-corrected chi connectivity index (χ3v) is 0.545. The van der Waals surface area contributed by atoms with Gasteiger partial charge in [-0.15, -0.1) is 6.42 Å². The second-order valence-electron chi connectivity index (χ2n) is 1.19. The van der Waals surface area contributed by atoms with Gasteiger partial charge in [0.2, 0.25) is 0 Å². The molecular formula is C5H5NO3. The lowest BCUT2D eigenvalue weighted by Gasteiger charge is -1.91. The molecule has 9 heavy (non-hydrogen) atoms. The summed E-state index contributed by atoms with van der Waals surface area (Å²) in [7, 11) is 0. The Balaban J connectivity index is 3.55. The highest BCUT2D eigenvalue weighted by atomic mass is 16.4. The van der Waals surface area contributed by atoms with E-state index in [9.17, 15) is 9.59 Å². The molecule has 0 spiro atoms. The number of hydrogen-bond donors (Lipinski definition) is 2. The Labute approximate surface area is 51.9 Å². The normalized spacial score (nSPS) is 7.44. The monoisotopic (exact) mass is 127 g/mol. The number of carboxylic acids is 1. The smallest absolute Gasteiger partial charge is 0.394 e. The summed E-state index contributed by atoms with van der Waals surface area (Å²) in [5.41, 5.74) is 0. The number of carboxylic acid groups (broad SMARTS) is 1. The molecule has 0 radical (unpaired) electrons. The van der Waals surface area contributed by atoms with Gasteiger partial charge in [0.15, 0.2) is 0 Å². The molecule has 0 aromatic heterocycles. The molecular weight excluding hydrogens is 122 g/mol. The van der Waals surface area contributed by atoms with Crippen molar-refractivity contribution >= 4 is 11.9 Å². The van der Waals surface area contributed by atoms with E-state index in [2.05, 4.69) is 5.92 Å². The van der Waals surface area contributed by atoms with Gasteiger partial charge in [-0.05, 0) is 0 Å². The average Bonchev–Trinajstić information content (AvgIpc) is 1.82. The van der Waals surface area contributed by atoms with Crippen LogP contribution in [0.4, 0.5) is 0 Å². The van der Waals surface area contributed by atoms with Crippen molar-refractivity contribution in [1.82, 2.24) is 5.32 Å². The Morgan fingerprint density at radius 3 is 2.56 bits per heavy atom. The fourth-order valence-corrected chi connectivity index (χ4v) is 0.207. The topological polar surface area (TPSA) is 66.4 Å². The number of terminal acetylenes is 1. The standard InChI is InChI=1S/C5H5NO3/c1-2-3-6-4(7)5(8)9/h1H,3H2,(H,6,7)(H,8,9). The first-order valence-electron chi connectivity index (χ1n) is 2.13. The molecule has 0 aromatic rings. The lowest BCUT2D eigenvalue weighted by atomic mass is 10.6. The van der Waals surface area contributed by atoms with Gasteiger partial charge in [-0.3, -0.25) is 4.79 Å². The van der Waals surface area contributed by atoms with Gasteiger partial charge in [-0.1, -0.05) is 5.92 Å². The molecule has 1 amide bonds. The summed E-state index contributed by atoms with van der Waals surface area (Å²) in [6, 6.07) is 0. The minimum Gasteiger partial charge on any atom is -0.474 e. The molecule has 0 aliphatic carbocycles. The molecule has 0 bridgehead atoms. The molecule has 0 rings (SSSR count). The number of rotatable bonds is 1. The second-order valence-corrected chi connectivity index (χ2v) is 1.19. The Kier molecular flexibility index (Phi) is 2.91. The number of aliphatic carboxylic acids is 1. The van der Waals surface area contributed by atoms with Crippen LogP contribution in [0, 0.1) is 12.3 Å². The molecule has 0 aromatic carbocycles. The summed E-state index contributed by atoms with van der Waals surface area (Å²) in [6.45, 7) is -0.0505. The first-order valence-corrected chi connectivity index (χ1v) is 2.13. The maximum atomic E-state index is 10.1. The average molecular weight is 127 g/mol. The highest BCUT2D eigenvalue weighted by molar-refractivity contribution is 6.31. The maximum Gasteiger partial charge on any atom is 0.394 e. The molecule has 0 atom stereocenters. The Hall–Kier alpha value is -1.50. The van der Waals surface area contributed by atoms with Crippen LogP contribution in [-0.2, 0) is 9.59 Å². The molecule has 48 valence electrons. The van der Waals surface area contributed by atoms with E-state index < -0.39 is 11.9 Å². The van der Waals surface area contributed by atoms with Gasteiger partial charge in [0.25, 0.3) is 0 Å². The zero-order chi connectivity index (χ0) is 7.28. The number of carbonyl (C=O) groups excluding carboxylic acids is 1. The van der Waals surface area contributed by atoms with E-state index in [1.807, 2.05) is 5.32 Å². The molecule has 0 aliphatic heterocycles. The highest BCUT2D eigenvalue weighted by Gasteiger charge is 2.07. The van der Waals surface area contributed by atoms with Crippen LogP contribution in [0.2, 0.25) is 0 Å². The third kappa shape index (κ3) is 3.12. The van der Waals surface area contributed by atoms with Gasteiger partial charge in [0, 0.05) is 0 Å². The fourth-order valence-electron chi connectivity index (χ4n) is 0.207. The lowest BCUT2D eigenvalue weighted by Crippen LogP contribution is -2.30. The van der Waals surface area contributed by atoms with Crippen LogP contribution < -0.4 is 5.32 Å². The number of carbonyl (C=O) groups is 2. The third-order valence-electron chi connectivity index (χ3n) is 0.545. The zero-order valence-electron chi connectivity index (χ0n) is 4.55. The molecule has 4 heteroatoms. The van der Waals surface area contributed by atoms with Gasteiger partial charge in [0.05, 0.1) is 6.54 Å². The van der Waals surface area contributed by atoms with Crippen LogP contribution in [0.3, 0.4) is 0 Å². The predicted octanol–water partition coefficient (Wildman–Crippen LogP) is -1.18. The summed E-state index contributed by atoms with van der Waals surface area (Å²) in [5, 5.41) is 9.89. The molecule has 0 unspecified atom stereocenters. The van der Waals surface area contributed by atoms with E-state index in [0.29, 0.717) is 0 Å². The van der Waals surface area contributed by atoms with E-state index in [-0.39, 0.29) is 6.54 Å². The Morgan fingerprint density at radius 2 is 2.22 bits per heavy atom. The first-order chi connectivity index (χ1) is 4.18. The van der Waals surface area contributed by atoms with E-state index in [1.165, 1.54) is 0 Å². The van der Waals surface area contributed by atoms with Gasteiger partial charge < -0.3 is 10.4 Å². The summed E-state index contributed by atoms with van der Waals surface area (Å²) >= 11 is 0. The molecule has 0 fully saturated rings. The number of hydrogen-bond acceptors (Lipinski definition) is 2. The van der Waals surface area contributed by atoms with Gasteiger partial charge in [-0.2, -0.15) is 0 Å². The van der Waals surface area contributed by atoms with Crippen LogP contribution >= 0.6 is 0 Å². The fraction of sp³-hybridized carbons (Fsp3) is 0.200. The molecule has 2 N–H and O–H groups in total. The van der Waals surface area contributed by atoms with Gasteiger partial charge in [0.1, 0.15) is 0 Å². The molecule has 0 saturated carbocycles. The lowest BCUT2D eigenvalue weighted by molar-refractivity contribution is -0.150. The molecule has 4 nitrogen and oxygen atoms in total. The predicted molar refractivity (Wildman–Crippen MR) is 29.5 cm³/mol. The van der Waals surface area contributed by atoms with Crippen molar-refractivity contribution in [3.05, 3.63) is 0 Å². The number of amides is 1. The largest absolute Gasteiger partial charge is 0.474 e. The molecule has 0 aliphatic rings. The van der Waals surface area contributed by atoms with Crippen molar-refractivity contribution < 1.29 is 14.7 Å². The van der Waals surface area contributed by atoms with E-state index >= 15 is 0 Å². The number of nitrogens with one attached hydrogen (secondary N) is 1. The zero-order valence-corrected chi connectivity index (χ0v) is 4.55. The van der Waals surface area contributed by atoms with Crippen LogP contribution in [-0.4, -0.2) is 23.5 Å². The van der Waals surface area contributed by atoms with Crippen LogP contribution in [0.1, 0.15) is 0 Å². The van der Waals surface area contributed by atoms with E-state index in [1.54, 1.807) is 0 Å². The molecule has 0 heterocycles. The first kappa shape index (κ1) is 7.50. The van der Waals surface area contributed by atoms with Crippen molar-refractivity contribution in [1.29, 1.82) is 0 Å². The van der Waals surface area contributed by atoms with Crippen LogP contribution in [0.5, 0.6) is 0 Å². The summed E-state index contributed by atoms with van der Waals surface area (Å²) in [5.74, 6) is -0.541. The summed E-state index contributed by atoms with van der Waals surface area (Å²) in [4.78, 5) is 19.8. The van der Waals surface area contributed by atoms with Crippen molar-refractivity contribution in [2.75, 3.05) is 6.54 Å². The Bertz CT molecular complexity index is 168. The minimum absolute atomic E-state index is 0.0505. The van der Waals surface area contributed by atoms with Crippen LogP contribution in [0.25, 0.3) is 0 Å². The summed E-state index contributed by atoms with van der Waals surface area (Å²) in [6.07, 6.45) is 4.72. The van der Waals surface area contributed by atoms with Gasteiger partial charge in [-0.25, -0.2) is 4.79 Å². The van der Waals surface area contributed by atoms with E-state index in [4.69, 9.17) is 11.5 Å². The summed E-state index contributed by atoms with van der Waals surface area (Å²) < 4.78 is 0. The highest BCUT2D eigenvalue weighted by Crippen LogP contribution is 1.62. The van der Waals surface area contributed by atoms with Crippen molar-refractivity contribution in [2.45, 2.75) is 0 Å². The van der Waals surface area contributed by atoms with Crippen molar-refractivity contribution in [3.63, 3.8) is 0 Å². The Morgan fingerprint density at radius 1 is 1.67 bits per heavy atom. The van der Waals surface area contributed by atoms with E-state index in [0.717, 1.165) is 0 Å². The maximum absolute atomic E-state index is 10.1. The van der Waals surface area contributed by atoms with Crippen molar-refractivity contribution in [3.8, 4) is 12.3 Å². The van der Waals surface area contributed by atoms with Crippen LogP contribution in [0.15, 0.2) is 0 Å². The quantitative estimate of drug-likeness (QED) is 0.344. The SMILES string of the molecule is C#CCNC(=O)C(=O)O. The molecule has 0 saturated heterocycles. The second kappa shape index (κ2) is 3.50. The van der Waals surface area contributed by atoms with Gasteiger partial charge >= 0.3 is 11.9 Å². The minimum atomic E-state index is -1.52. The van der Waals surface area contributed by atoms with Crippen molar-refractivity contribution in [2.24, 2.45) is 0 Å².